The van der Waals surface area contributed by atoms with Crippen molar-refractivity contribution in [1.82, 2.24) is 0 Å². The van der Waals surface area contributed by atoms with Gasteiger partial charge >= 0.3 is 5.97 Å². The molecule has 17 heavy (non-hydrogen) atoms. The van der Waals surface area contributed by atoms with E-state index in [1.807, 2.05) is 0 Å². The number of hydrogen-bond acceptors (Lipinski definition) is 3. The molecular formula is C13H24O4. The van der Waals surface area contributed by atoms with Crippen LogP contribution < -0.4 is 0 Å². The molecule has 0 spiro atoms. The van der Waals surface area contributed by atoms with E-state index in [-0.39, 0.29) is 12.0 Å². The summed E-state index contributed by atoms with van der Waals surface area (Å²) in [5, 5.41) is 8.82. The minimum Gasteiger partial charge on any atom is -0.481 e. The van der Waals surface area contributed by atoms with Crippen molar-refractivity contribution in [2.45, 2.75) is 51.6 Å². The molecule has 0 aromatic heterocycles. The molecule has 0 heterocycles. The predicted octanol–water partition coefficient (Wildman–Crippen LogP) is 2.46. The molecule has 0 radical (unpaired) electrons. The fourth-order valence-electron chi connectivity index (χ4n) is 1.94. The molecule has 0 aromatic carbocycles. The normalized spacial score (nSPS) is 23.4. The first kappa shape index (κ1) is 14.5. The number of carbonyl (C=O) groups is 1. The van der Waals surface area contributed by atoms with Crippen molar-refractivity contribution >= 4 is 5.97 Å². The van der Waals surface area contributed by atoms with Gasteiger partial charge < -0.3 is 14.6 Å². The Labute approximate surface area is 103 Å². The van der Waals surface area contributed by atoms with E-state index in [4.69, 9.17) is 14.6 Å². The quantitative estimate of drug-likeness (QED) is 0.600. The maximum absolute atomic E-state index is 10.7. The van der Waals surface area contributed by atoms with Crippen molar-refractivity contribution < 1.29 is 19.4 Å². The van der Waals surface area contributed by atoms with Crippen LogP contribution in [0.1, 0.15) is 45.4 Å². The molecule has 0 saturated heterocycles. The highest BCUT2D eigenvalue weighted by molar-refractivity contribution is 5.71. The third-order valence-corrected chi connectivity index (χ3v) is 3.23. The SMILES string of the molecule is CCCCCCOCCOC1CCC1C(=O)O. The Bertz CT molecular complexity index is 217. The van der Waals surface area contributed by atoms with E-state index in [1.54, 1.807) is 0 Å². The topological polar surface area (TPSA) is 55.8 Å². The van der Waals surface area contributed by atoms with Crippen LogP contribution in [0.15, 0.2) is 0 Å². The Morgan fingerprint density at radius 1 is 1.18 bits per heavy atom. The summed E-state index contributed by atoms with van der Waals surface area (Å²) in [4.78, 5) is 10.7. The zero-order valence-electron chi connectivity index (χ0n) is 10.7. The molecule has 2 atom stereocenters. The van der Waals surface area contributed by atoms with Crippen LogP contribution in [-0.2, 0) is 14.3 Å². The average Bonchev–Trinajstić information content (AvgIpc) is 2.24. The minimum absolute atomic E-state index is 0.0869. The lowest BCUT2D eigenvalue weighted by Gasteiger charge is -2.32. The maximum Gasteiger partial charge on any atom is 0.309 e. The first-order chi connectivity index (χ1) is 8.25. The second kappa shape index (κ2) is 8.48. The Hall–Kier alpha value is -0.610. The van der Waals surface area contributed by atoms with Crippen molar-refractivity contribution in [2.75, 3.05) is 19.8 Å². The van der Waals surface area contributed by atoms with Gasteiger partial charge in [0.15, 0.2) is 0 Å². The van der Waals surface area contributed by atoms with Crippen molar-refractivity contribution in [3.05, 3.63) is 0 Å². The molecule has 1 saturated carbocycles. The maximum atomic E-state index is 10.7. The van der Waals surface area contributed by atoms with Crippen LogP contribution in [0.4, 0.5) is 0 Å². The zero-order chi connectivity index (χ0) is 12.5. The molecule has 0 aliphatic heterocycles. The molecule has 1 rings (SSSR count). The van der Waals surface area contributed by atoms with E-state index < -0.39 is 5.97 Å². The van der Waals surface area contributed by atoms with E-state index in [9.17, 15) is 4.79 Å². The summed E-state index contributed by atoms with van der Waals surface area (Å²) < 4.78 is 10.9. The lowest BCUT2D eigenvalue weighted by atomic mass is 9.82. The van der Waals surface area contributed by atoms with Gasteiger partial charge in [0.2, 0.25) is 0 Å². The second-order valence-corrected chi connectivity index (χ2v) is 4.60. The largest absolute Gasteiger partial charge is 0.481 e. The third-order valence-electron chi connectivity index (χ3n) is 3.23. The van der Waals surface area contributed by atoms with Crippen LogP contribution in [0.2, 0.25) is 0 Å². The molecule has 0 aromatic rings. The molecule has 2 unspecified atom stereocenters. The lowest BCUT2D eigenvalue weighted by molar-refractivity contribution is -0.156. The van der Waals surface area contributed by atoms with Gasteiger partial charge in [0.1, 0.15) is 0 Å². The summed E-state index contributed by atoms with van der Waals surface area (Å²) in [5.41, 5.74) is 0. The van der Waals surface area contributed by atoms with Crippen LogP contribution in [0.3, 0.4) is 0 Å². The highest BCUT2D eigenvalue weighted by atomic mass is 16.5. The summed E-state index contributed by atoms with van der Waals surface area (Å²) in [6.07, 6.45) is 6.36. The molecule has 0 amide bonds. The highest BCUT2D eigenvalue weighted by Crippen LogP contribution is 2.30. The second-order valence-electron chi connectivity index (χ2n) is 4.60. The molecule has 4 nitrogen and oxygen atoms in total. The Balaban J connectivity index is 1.86. The van der Waals surface area contributed by atoms with Crippen LogP contribution in [-0.4, -0.2) is 37.0 Å². The van der Waals surface area contributed by atoms with E-state index >= 15 is 0 Å². The number of hydrogen-bond donors (Lipinski definition) is 1. The van der Waals surface area contributed by atoms with Gasteiger partial charge in [-0.1, -0.05) is 26.2 Å². The van der Waals surface area contributed by atoms with E-state index in [2.05, 4.69) is 6.92 Å². The number of unbranched alkanes of at least 4 members (excludes halogenated alkanes) is 3. The first-order valence-electron chi connectivity index (χ1n) is 6.68. The number of carboxylic acid groups (broad SMARTS) is 1. The molecular weight excluding hydrogens is 220 g/mol. The summed E-state index contributed by atoms with van der Waals surface area (Å²) in [7, 11) is 0. The number of carboxylic acids is 1. The molecule has 1 aliphatic carbocycles. The summed E-state index contributed by atoms with van der Waals surface area (Å²) in [6.45, 7) is 4.07. The van der Waals surface area contributed by atoms with Crippen molar-refractivity contribution in [1.29, 1.82) is 0 Å². The van der Waals surface area contributed by atoms with Crippen molar-refractivity contribution in [3.63, 3.8) is 0 Å². The first-order valence-corrected chi connectivity index (χ1v) is 6.68. The van der Waals surface area contributed by atoms with Gasteiger partial charge in [-0.25, -0.2) is 0 Å². The van der Waals surface area contributed by atoms with E-state index in [1.165, 1.54) is 19.3 Å². The number of rotatable bonds is 10. The summed E-state index contributed by atoms with van der Waals surface area (Å²) in [6, 6.07) is 0. The van der Waals surface area contributed by atoms with Crippen LogP contribution in [0, 0.1) is 5.92 Å². The van der Waals surface area contributed by atoms with E-state index in [0.717, 1.165) is 25.9 Å². The lowest BCUT2D eigenvalue weighted by Crippen LogP contribution is -2.40. The zero-order valence-corrected chi connectivity index (χ0v) is 10.7. The van der Waals surface area contributed by atoms with Gasteiger partial charge in [-0.05, 0) is 19.3 Å². The van der Waals surface area contributed by atoms with E-state index in [0.29, 0.717) is 13.2 Å². The van der Waals surface area contributed by atoms with Gasteiger partial charge in [0.05, 0.1) is 25.2 Å². The number of ether oxygens (including phenoxy) is 2. The van der Waals surface area contributed by atoms with Crippen LogP contribution in [0.5, 0.6) is 0 Å². The molecule has 1 fully saturated rings. The minimum atomic E-state index is -0.735. The third kappa shape index (κ3) is 5.50. The molecule has 0 bridgehead atoms. The summed E-state index contributed by atoms with van der Waals surface area (Å²) in [5.74, 6) is -1.03. The fourth-order valence-corrected chi connectivity index (χ4v) is 1.94. The van der Waals surface area contributed by atoms with Crippen molar-refractivity contribution in [3.8, 4) is 0 Å². The Kier molecular flexibility index (Phi) is 7.21. The Morgan fingerprint density at radius 2 is 2.00 bits per heavy atom. The highest BCUT2D eigenvalue weighted by Gasteiger charge is 2.37. The smallest absolute Gasteiger partial charge is 0.309 e. The standard InChI is InChI=1S/C13H24O4/c1-2-3-4-5-8-16-9-10-17-12-7-6-11(12)13(14)15/h11-12H,2-10H2,1H3,(H,14,15). The van der Waals surface area contributed by atoms with Crippen LogP contribution in [0.25, 0.3) is 0 Å². The monoisotopic (exact) mass is 244 g/mol. The van der Waals surface area contributed by atoms with Gasteiger partial charge in [0.25, 0.3) is 0 Å². The van der Waals surface area contributed by atoms with Crippen LogP contribution >= 0.6 is 0 Å². The molecule has 4 heteroatoms. The predicted molar refractivity (Wildman–Crippen MR) is 65.1 cm³/mol. The Morgan fingerprint density at radius 3 is 2.59 bits per heavy atom. The molecule has 1 N–H and O–H groups in total. The fraction of sp³-hybridized carbons (Fsp3) is 0.923. The van der Waals surface area contributed by atoms with Gasteiger partial charge in [-0.3, -0.25) is 4.79 Å². The average molecular weight is 244 g/mol. The van der Waals surface area contributed by atoms with Crippen molar-refractivity contribution in [2.24, 2.45) is 5.92 Å². The number of aliphatic carboxylic acids is 1. The van der Waals surface area contributed by atoms with Gasteiger partial charge in [-0.2, -0.15) is 0 Å². The van der Waals surface area contributed by atoms with Gasteiger partial charge in [-0.15, -0.1) is 0 Å². The molecule has 1 aliphatic rings. The molecule has 100 valence electrons. The summed E-state index contributed by atoms with van der Waals surface area (Å²) >= 11 is 0. The van der Waals surface area contributed by atoms with Gasteiger partial charge in [0, 0.05) is 6.61 Å².